The van der Waals surface area contributed by atoms with Crippen molar-refractivity contribution < 1.29 is 19.4 Å². The lowest BCUT2D eigenvalue weighted by Gasteiger charge is -2.29. The SMILES string of the molecule is CCN(C(=O)Cc1ccccc1C)C1COCC1C(=O)O. The standard InChI is InChI=1S/C16H21NO4/c1-3-17(14-10-21-9-13(14)16(19)20)15(18)8-12-7-5-4-6-11(12)2/h4-7,13-14H,3,8-10H2,1-2H3,(H,19,20). The minimum atomic E-state index is -0.903. The summed E-state index contributed by atoms with van der Waals surface area (Å²) in [6, 6.07) is 7.37. The predicted octanol–water partition coefficient (Wildman–Crippen LogP) is 1.49. The number of hydrogen-bond donors (Lipinski definition) is 1. The second kappa shape index (κ2) is 6.72. The average Bonchev–Trinajstić information content (AvgIpc) is 2.91. The molecule has 1 aromatic rings. The molecular formula is C16H21NO4. The molecule has 5 heteroatoms. The third kappa shape index (κ3) is 3.42. The highest BCUT2D eigenvalue weighted by Gasteiger charge is 2.39. The van der Waals surface area contributed by atoms with Gasteiger partial charge in [0.1, 0.15) is 5.92 Å². The van der Waals surface area contributed by atoms with Crippen molar-refractivity contribution in [2.45, 2.75) is 26.3 Å². The Balaban J connectivity index is 2.12. The molecule has 1 amide bonds. The van der Waals surface area contributed by atoms with E-state index in [0.29, 0.717) is 19.6 Å². The van der Waals surface area contributed by atoms with E-state index in [4.69, 9.17) is 4.74 Å². The van der Waals surface area contributed by atoms with Crippen molar-refractivity contribution in [1.82, 2.24) is 4.90 Å². The molecule has 2 atom stereocenters. The molecule has 2 rings (SSSR count). The minimum Gasteiger partial charge on any atom is -0.481 e. The average molecular weight is 291 g/mol. The van der Waals surface area contributed by atoms with Crippen LogP contribution in [0.25, 0.3) is 0 Å². The second-order valence-electron chi connectivity index (χ2n) is 5.33. The maximum absolute atomic E-state index is 12.5. The molecule has 1 aromatic carbocycles. The highest BCUT2D eigenvalue weighted by Crippen LogP contribution is 2.21. The zero-order valence-electron chi connectivity index (χ0n) is 12.4. The van der Waals surface area contributed by atoms with Gasteiger partial charge in [0.15, 0.2) is 0 Å². The number of ether oxygens (including phenoxy) is 1. The lowest BCUT2D eigenvalue weighted by molar-refractivity contribution is -0.144. The van der Waals surface area contributed by atoms with E-state index in [1.54, 1.807) is 4.90 Å². The number of carboxylic acid groups (broad SMARTS) is 1. The first-order valence-electron chi connectivity index (χ1n) is 7.19. The fourth-order valence-corrected chi connectivity index (χ4v) is 2.75. The Bertz CT molecular complexity index is 529. The molecule has 114 valence electrons. The van der Waals surface area contributed by atoms with Crippen LogP contribution >= 0.6 is 0 Å². The summed E-state index contributed by atoms with van der Waals surface area (Å²) in [6.07, 6.45) is 0.295. The van der Waals surface area contributed by atoms with E-state index in [2.05, 4.69) is 0 Å². The van der Waals surface area contributed by atoms with Crippen LogP contribution in [0.5, 0.6) is 0 Å². The predicted molar refractivity (Wildman–Crippen MR) is 78.0 cm³/mol. The zero-order valence-corrected chi connectivity index (χ0v) is 12.4. The third-order valence-electron chi connectivity index (χ3n) is 4.03. The molecule has 1 aliphatic rings. The van der Waals surface area contributed by atoms with Crippen LogP contribution in [0.1, 0.15) is 18.1 Å². The van der Waals surface area contributed by atoms with Crippen molar-refractivity contribution in [1.29, 1.82) is 0 Å². The fourth-order valence-electron chi connectivity index (χ4n) is 2.75. The Hall–Kier alpha value is -1.88. The molecule has 0 aromatic heterocycles. The molecule has 21 heavy (non-hydrogen) atoms. The van der Waals surface area contributed by atoms with Crippen molar-refractivity contribution >= 4 is 11.9 Å². The molecule has 0 saturated carbocycles. The largest absolute Gasteiger partial charge is 0.481 e. The van der Waals surface area contributed by atoms with Gasteiger partial charge in [-0.2, -0.15) is 0 Å². The summed E-state index contributed by atoms with van der Waals surface area (Å²) in [5, 5.41) is 9.23. The summed E-state index contributed by atoms with van der Waals surface area (Å²) >= 11 is 0. The summed E-state index contributed by atoms with van der Waals surface area (Å²) < 4.78 is 5.26. The number of nitrogens with zero attached hydrogens (tertiary/aromatic N) is 1. The summed E-state index contributed by atoms with van der Waals surface area (Å²) in [5.41, 5.74) is 2.05. The maximum Gasteiger partial charge on any atom is 0.311 e. The zero-order chi connectivity index (χ0) is 15.4. The van der Waals surface area contributed by atoms with Gasteiger partial charge in [0.2, 0.25) is 5.91 Å². The van der Waals surface area contributed by atoms with Crippen LogP contribution in [-0.2, 0) is 20.7 Å². The molecule has 0 spiro atoms. The number of benzene rings is 1. The van der Waals surface area contributed by atoms with E-state index in [0.717, 1.165) is 11.1 Å². The monoisotopic (exact) mass is 291 g/mol. The lowest BCUT2D eigenvalue weighted by atomic mass is 10.0. The Labute approximate surface area is 124 Å². The van der Waals surface area contributed by atoms with Gasteiger partial charge in [-0.1, -0.05) is 24.3 Å². The van der Waals surface area contributed by atoms with E-state index in [1.807, 2.05) is 38.1 Å². The van der Waals surface area contributed by atoms with Crippen LogP contribution in [-0.4, -0.2) is 47.7 Å². The smallest absolute Gasteiger partial charge is 0.311 e. The van der Waals surface area contributed by atoms with E-state index >= 15 is 0 Å². The molecule has 1 heterocycles. The van der Waals surface area contributed by atoms with Crippen LogP contribution in [0.4, 0.5) is 0 Å². The molecule has 5 nitrogen and oxygen atoms in total. The van der Waals surface area contributed by atoms with Crippen LogP contribution in [0.3, 0.4) is 0 Å². The molecule has 0 bridgehead atoms. The number of likely N-dealkylation sites (N-methyl/N-ethyl adjacent to an activating group) is 1. The van der Waals surface area contributed by atoms with Crippen molar-refractivity contribution in [2.24, 2.45) is 5.92 Å². The minimum absolute atomic E-state index is 0.0476. The van der Waals surface area contributed by atoms with Crippen LogP contribution in [0, 0.1) is 12.8 Å². The van der Waals surface area contributed by atoms with Gasteiger partial charge in [0, 0.05) is 6.54 Å². The number of aliphatic carboxylic acids is 1. The number of amides is 1. The van der Waals surface area contributed by atoms with Gasteiger partial charge in [-0.3, -0.25) is 9.59 Å². The van der Waals surface area contributed by atoms with E-state index in [1.165, 1.54) is 0 Å². The normalized spacial score (nSPS) is 21.2. The number of carbonyl (C=O) groups is 2. The van der Waals surface area contributed by atoms with Gasteiger partial charge in [-0.25, -0.2) is 0 Å². The van der Waals surface area contributed by atoms with Gasteiger partial charge in [-0.15, -0.1) is 0 Å². The molecule has 1 N–H and O–H groups in total. The summed E-state index contributed by atoms with van der Waals surface area (Å²) in [7, 11) is 0. The molecule has 0 radical (unpaired) electrons. The van der Waals surface area contributed by atoms with Crippen LogP contribution in [0.2, 0.25) is 0 Å². The van der Waals surface area contributed by atoms with Crippen LogP contribution < -0.4 is 0 Å². The first-order chi connectivity index (χ1) is 10.0. The quantitative estimate of drug-likeness (QED) is 0.892. The first-order valence-corrected chi connectivity index (χ1v) is 7.19. The number of carboxylic acids is 1. The summed E-state index contributed by atoms with van der Waals surface area (Å²) in [6.45, 7) is 4.80. The van der Waals surface area contributed by atoms with E-state index in [9.17, 15) is 14.7 Å². The Kier molecular flexibility index (Phi) is 4.96. The van der Waals surface area contributed by atoms with Crippen molar-refractivity contribution in [2.75, 3.05) is 19.8 Å². The lowest BCUT2D eigenvalue weighted by Crippen LogP contribution is -2.47. The van der Waals surface area contributed by atoms with Gasteiger partial charge < -0.3 is 14.7 Å². The topological polar surface area (TPSA) is 66.8 Å². The third-order valence-corrected chi connectivity index (χ3v) is 4.03. The van der Waals surface area contributed by atoms with Gasteiger partial charge in [-0.05, 0) is 25.0 Å². The molecule has 1 fully saturated rings. The molecular weight excluding hydrogens is 270 g/mol. The molecule has 1 aliphatic heterocycles. The summed E-state index contributed by atoms with van der Waals surface area (Å²) in [5.74, 6) is -1.58. The van der Waals surface area contributed by atoms with Crippen LogP contribution in [0.15, 0.2) is 24.3 Å². The highest BCUT2D eigenvalue weighted by molar-refractivity contribution is 5.81. The maximum atomic E-state index is 12.5. The number of rotatable bonds is 5. The summed E-state index contributed by atoms with van der Waals surface area (Å²) in [4.78, 5) is 25.4. The van der Waals surface area contributed by atoms with Crippen molar-refractivity contribution in [3.8, 4) is 0 Å². The number of carbonyl (C=O) groups excluding carboxylic acids is 1. The van der Waals surface area contributed by atoms with E-state index < -0.39 is 11.9 Å². The van der Waals surface area contributed by atoms with Gasteiger partial charge in [0.25, 0.3) is 0 Å². The van der Waals surface area contributed by atoms with Gasteiger partial charge in [0.05, 0.1) is 25.7 Å². The molecule has 0 aliphatic carbocycles. The first kappa shape index (κ1) is 15.5. The molecule has 1 saturated heterocycles. The Morgan fingerprint density at radius 3 is 2.67 bits per heavy atom. The van der Waals surface area contributed by atoms with E-state index in [-0.39, 0.29) is 18.6 Å². The van der Waals surface area contributed by atoms with Gasteiger partial charge >= 0.3 is 5.97 Å². The van der Waals surface area contributed by atoms with Crippen molar-refractivity contribution in [3.63, 3.8) is 0 Å². The highest BCUT2D eigenvalue weighted by atomic mass is 16.5. The molecule has 2 unspecified atom stereocenters. The Morgan fingerprint density at radius 2 is 2.05 bits per heavy atom. The second-order valence-corrected chi connectivity index (χ2v) is 5.33. The number of hydrogen-bond acceptors (Lipinski definition) is 3. The Morgan fingerprint density at radius 1 is 1.33 bits per heavy atom. The number of aryl methyl sites for hydroxylation is 1. The fraction of sp³-hybridized carbons (Fsp3) is 0.500. The van der Waals surface area contributed by atoms with Crippen molar-refractivity contribution in [3.05, 3.63) is 35.4 Å².